The molecule has 0 fully saturated rings. The van der Waals surface area contributed by atoms with E-state index in [1.54, 1.807) is 25.1 Å². The lowest BCUT2D eigenvalue weighted by Gasteiger charge is -2.11. The molecular weight excluding hydrogens is 282 g/mol. The van der Waals surface area contributed by atoms with E-state index < -0.39 is 16.0 Å². The fraction of sp³-hybridized carbons (Fsp3) is 0.167. The number of ether oxygens (including phenoxy) is 1. The van der Waals surface area contributed by atoms with Gasteiger partial charge in [0.2, 0.25) is 0 Å². The predicted molar refractivity (Wildman–Crippen MR) is 71.9 cm³/mol. The number of sulfonamides is 1. The molecule has 0 amide bonds. The number of esters is 1. The number of anilines is 1. The first kappa shape index (κ1) is 14.1. The Labute approximate surface area is 116 Å². The van der Waals surface area contributed by atoms with E-state index in [0.717, 1.165) is 0 Å². The monoisotopic (exact) mass is 295 g/mol. The molecule has 0 bridgehead atoms. The minimum Gasteiger partial charge on any atom is -0.465 e. The van der Waals surface area contributed by atoms with Gasteiger partial charge in [-0.2, -0.15) is 8.42 Å². The Morgan fingerprint density at radius 2 is 2.15 bits per heavy atom. The quantitative estimate of drug-likeness (QED) is 0.828. The Hall–Kier alpha value is -2.35. The van der Waals surface area contributed by atoms with Crippen LogP contribution in [0.1, 0.15) is 15.9 Å². The fourth-order valence-corrected chi connectivity index (χ4v) is 2.70. The Kier molecular flexibility index (Phi) is 3.75. The van der Waals surface area contributed by atoms with E-state index in [4.69, 9.17) is 0 Å². The van der Waals surface area contributed by atoms with Gasteiger partial charge in [0.05, 0.1) is 30.9 Å². The third-order valence-electron chi connectivity index (χ3n) is 2.75. The average molecular weight is 295 g/mol. The van der Waals surface area contributed by atoms with Crippen LogP contribution in [0.2, 0.25) is 0 Å². The number of H-pyrrole nitrogens is 1. The number of rotatable bonds is 4. The van der Waals surface area contributed by atoms with Gasteiger partial charge in [-0.05, 0) is 24.6 Å². The summed E-state index contributed by atoms with van der Waals surface area (Å²) < 4.78 is 31.2. The molecule has 0 aliphatic rings. The van der Waals surface area contributed by atoms with Gasteiger partial charge in [0, 0.05) is 0 Å². The number of aromatic amines is 1. The number of nitrogens with one attached hydrogen (secondary N) is 2. The van der Waals surface area contributed by atoms with Crippen LogP contribution in [0.25, 0.3) is 0 Å². The van der Waals surface area contributed by atoms with Crippen LogP contribution >= 0.6 is 0 Å². The number of carbonyl (C=O) groups excluding carboxylic acids is 1. The van der Waals surface area contributed by atoms with Crippen molar-refractivity contribution in [3.8, 4) is 0 Å². The minimum absolute atomic E-state index is 0.0552. The zero-order valence-corrected chi connectivity index (χ0v) is 11.7. The van der Waals surface area contributed by atoms with Crippen molar-refractivity contribution in [2.75, 3.05) is 11.8 Å². The summed E-state index contributed by atoms with van der Waals surface area (Å²) in [7, 11) is -2.49. The predicted octanol–water partition coefficient (Wildman–Crippen LogP) is 1.31. The van der Waals surface area contributed by atoms with Crippen LogP contribution in [-0.4, -0.2) is 31.5 Å². The molecular formula is C12H13N3O4S. The van der Waals surface area contributed by atoms with Crippen molar-refractivity contribution in [1.29, 1.82) is 0 Å². The average Bonchev–Trinajstić information content (AvgIpc) is 2.95. The summed E-state index contributed by atoms with van der Waals surface area (Å²) in [5, 5.41) is -0.0552. The van der Waals surface area contributed by atoms with Crippen LogP contribution in [0.3, 0.4) is 0 Å². The van der Waals surface area contributed by atoms with Gasteiger partial charge in [-0.15, -0.1) is 0 Å². The molecule has 0 atom stereocenters. The van der Waals surface area contributed by atoms with Gasteiger partial charge in [0.15, 0.2) is 5.03 Å². The molecule has 0 aliphatic carbocycles. The van der Waals surface area contributed by atoms with E-state index in [1.165, 1.54) is 19.6 Å². The number of hydrogen-bond donors (Lipinski definition) is 2. The molecule has 0 spiro atoms. The van der Waals surface area contributed by atoms with E-state index in [1.807, 2.05) is 0 Å². The second-order valence-corrected chi connectivity index (χ2v) is 5.64. The summed E-state index contributed by atoms with van der Waals surface area (Å²) in [5.74, 6) is -0.523. The summed E-state index contributed by atoms with van der Waals surface area (Å²) in [6.45, 7) is 1.64. The summed E-state index contributed by atoms with van der Waals surface area (Å²) >= 11 is 0. The lowest BCUT2D eigenvalue weighted by Crippen LogP contribution is -2.15. The highest BCUT2D eigenvalue weighted by atomic mass is 32.2. The molecule has 1 heterocycles. The van der Waals surface area contributed by atoms with E-state index in [9.17, 15) is 13.2 Å². The van der Waals surface area contributed by atoms with E-state index >= 15 is 0 Å². The molecule has 106 valence electrons. The summed E-state index contributed by atoms with van der Waals surface area (Å²) in [4.78, 5) is 17.7. The summed E-state index contributed by atoms with van der Waals surface area (Å²) in [6.07, 6.45) is 2.47. The number of hydrogen-bond acceptors (Lipinski definition) is 5. The molecule has 7 nitrogen and oxygen atoms in total. The summed E-state index contributed by atoms with van der Waals surface area (Å²) in [5.41, 5.74) is 1.10. The molecule has 2 rings (SSSR count). The van der Waals surface area contributed by atoms with Crippen LogP contribution in [0.4, 0.5) is 5.69 Å². The van der Waals surface area contributed by atoms with Gasteiger partial charge in [0.1, 0.15) is 0 Å². The highest BCUT2D eigenvalue weighted by Crippen LogP contribution is 2.22. The van der Waals surface area contributed by atoms with Crippen molar-refractivity contribution in [3.63, 3.8) is 0 Å². The lowest BCUT2D eigenvalue weighted by molar-refractivity contribution is 0.0600. The Morgan fingerprint density at radius 1 is 1.40 bits per heavy atom. The molecule has 0 radical (unpaired) electrons. The number of benzene rings is 1. The van der Waals surface area contributed by atoms with Crippen LogP contribution in [-0.2, 0) is 14.8 Å². The van der Waals surface area contributed by atoms with Crippen molar-refractivity contribution in [3.05, 3.63) is 41.9 Å². The van der Waals surface area contributed by atoms with Crippen molar-refractivity contribution < 1.29 is 17.9 Å². The number of aromatic nitrogens is 2. The van der Waals surface area contributed by atoms with Gasteiger partial charge in [-0.1, -0.05) is 6.07 Å². The molecule has 20 heavy (non-hydrogen) atoms. The second kappa shape index (κ2) is 5.33. The number of methoxy groups -OCH3 is 1. The molecule has 2 aromatic rings. The normalized spacial score (nSPS) is 11.1. The van der Waals surface area contributed by atoms with Gasteiger partial charge in [0.25, 0.3) is 10.0 Å². The van der Waals surface area contributed by atoms with Gasteiger partial charge in [-0.25, -0.2) is 9.78 Å². The first-order chi connectivity index (χ1) is 9.45. The van der Waals surface area contributed by atoms with Crippen molar-refractivity contribution in [2.45, 2.75) is 11.9 Å². The van der Waals surface area contributed by atoms with Crippen LogP contribution in [0.5, 0.6) is 0 Å². The maximum atomic E-state index is 12.1. The molecule has 0 saturated heterocycles. The zero-order chi connectivity index (χ0) is 14.8. The Bertz CT molecular complexity index is 723. The molecule has 0 unspecified atom stereocenters. The molecule has 1 aromatic heterocycles. The number of nitrogens with zero attached hydrogens (tertiary/aromatic N) is 1. The van der Waals surface area contributed by atoms with Gasteiger partial charge < -0.3 is 9.72 Å². The van der Waals surface area contributed by atoms with Crippen LogP contribution in [0, 0.1) is 6.92 Å². The zero-order valence-electron chi connectivity index (χ0n) is 10.9. The van der Waals surface area contributed by atoms with Crippen molar-refractivity contribution in [2.24, 2.45) is 0 Å². The lowest BCUT2D eigenvalue weighted by atomic mass is 10.1. The highest BCUT2D eigenvalue weighted by Gasteiger charge is 2.19. The largest absolute Gasteiger partial charge is 0.465 e. The number of imidazole rings is 1. The Balaban J connectivity index is 2.38. The topological polar surface area (TPSA) is 101 Å². The third-order valence-corrected chi connectivity index (χ3v) is 4.04. The first-order valence-electron chi connectivity index (χ1n) is 5.65. The van der Waals surface area contributed by atoms with Gasteiger partial charge >= 0.3 is 5.97 Å². The molecule has 1 aromatic carbocycles. The minimum atomic E-state index is -3.76. The first-order valence-corrected chi connectivity index (χ1v) is 7.13. The van der Waals surface area contributed by atoms with Crippen molar-refractivity contribution in [1.82, 2.24) is 9.97 Å². The van der Waals surface area contributed by atoms with E-state index in [2.05, 4.69) is 19.4 Å². The van der Waals surface area contributed by atoms with E-state index in [-0.39, 0.29) is 5.03 Å². The SMILES string of the molecule is COC(=O)c1cccc(NS(=O)(=O)c2cnc[nH]2)c1C. The Morgan fingerprint density at radius 3 is 2.75 bits per heavy atom. The highest BCUT2D eigenvalue weighted by molar-refractivity contribution is 7.92. The molecule has 8 heteroatoms. The van der Waals surface area contributed by atoms with Crippen LogP contribution in [0.15, 0.2) is 35.7 Å². The second-order valence-electron chi connectivity index (χ2n) is 3.99. The molecule has 0 saturated carbocycles. The fourth-order valence-electron chi connectivity index (χ4n) is 1.67. The smallest absolute Gasteiger partial charge is 0.338 e. The molecule has 0 aliphatic heterocycles. The third kappa shape index (κ3) is 2.64. The maximum absolute atomic E-state index is 12.1. The maximum Gasteiger partial charge on any atom is 0.338 e. The van der Waals surface area contributed by atoms with Crippen molar-refractivity contribution >= 4 is 21.7 Å². The van der Waals surface area contributed by atoms with Crippen LogP contribution < -0.4 is 4.72 Å². The summed E-state index contributed by atoms with van der Waals surface area (Å²) in [6, 6.07) is 4.70. The van der Waals surface area contributed by atoms with Gasteiger partial charge in [-0.3, -0.25) is 4.72 Å². The standard InChI is InChI=1S/C12H13N3O4S/c1-8-9(12(16)19-2)4-3-5-10(8)15-20(17,18)11-6-13-7-14-11/h3-7,15H,1-2H3,(H,13,14). The number of carbonyl (C=O) groups is 1. The van der Waals surface area contributed by atoms with E-state index in [0.29, 0.717) is 16.8 Å². The molecule has 2 N–H and O–H groups in total.